The Bertz CT molecular complexity index is 934. The summed E-state index contributed by atoms with van der Waals surface area (Å²) in [6.07, 6.45) is 1.41. The van der Waals surface area contributed by atoms with Gasteiger partial charge in [-0.15, -0.1) is 0 Å². The second kappa shape index (κ2) is 6.89. The van der Waals surface area contributed by atoms with Crippen molar-refractivity contribution in [3.05, 3.63) is 72.6 Å². The molecular formula is C20H15F3O2. The quantitative estimate of drug-likeness (QED) is 0.569. The van der Waals surface area contributed by atoms with Gasteiger partial charge in [-0.2, -0.15) is 4.39 Å². The van der Waals surface area contributed by atoms with Crippen LogP contribution >= 0.6 is 0 Å². The topological polar surface area (TPSA) is 18.5 Å². The van der Waals surface area contributed by atoms with Crippen LogP contribution in [0.2, 0.25) is 0 Å². The van der Waals surface area contributed by atoms with E-state index in [1.165, 1.54) is 31.4 Å². The van der Waals surface area contributed by atoms with Crippen molar-refractivity contribution in [2.75, 3.05) is 13.7 Å². The lowest BCUT2D eigenvalue weighted by Gasteiger charge is -2.12. The zero-order valence-corrected chi connectivity index (χ0v) is 13.5. The first kappa shape index (κ1) is 16.9. The van der Waals surface area contributed by atoms with Gasteiger partial charge in [-0.3, -0.25) is 0 Å². The van der Waals surface area contributed by atoms with Crippen LogP contribution in [0.3, 0.4) is 0 Å². The Morgan fingerprint density at radius 1 is 0.960 bits per heavy atom. The Kier molecular flexibility index (Phi) is 4.65. The van der Waals surface area contributed by atoms with Crippen LogP contribution in [0.25, 0.3) is 21.9 Å². The van der Waals surface area contributed by atoms with E-state index in [0.717, 1.165) is 0 Å². The molecule has 2 nitrogen and oxygen atoms in total. The van der Waals surface area contributed by atoms with Crippen molar-refractivity contribution >= 4 is 10.8 Å². The molecule has 0 atom stereocenters. The molecule has 0 saturated heterocycles. The summed E-state index contributed by atoms with van der Waals surface area (Å²) in [5.74, 6) is -2.98. The molecule has 3 aromatic carbocycles. The lowest BCUT2D eigenvalue weighted by molar-refractivity contribution is 0.334. The molecule has 0 N–H and O–H groups in total. The van der Waals surface area contributed by atoms with Gasteiger partial charge in [0.2, 0.25) is 5.82 Å². The molecule has 0 fully saturated rings. The summed E-state index contributed by atoms with van der Waals surface area (Å²) in [7, 11) is 1.52. The molecule has 128 valence electrons. The first-order valence-electron chi connectivity index (χ1n) is 7.55. The second-order valence-electron chi connectivity index (χ2n) is 5.36. The summed E-state index contributed by atoms with van der Waals surface area (Å²) >= 11 is 0. The maximum Gasteiger partial charge on any atom is 0.201 e. The van der Waals surface area contributed by atoms with Gasteiger partial charge in [-0.1, -0.05) is 36.9 Å². The molecule has 0 bridgehead atoms. The summed E-state index contributed by atoms with van der Waals surface area (Å²) in [6.45, 7) is 3.47. The smallest absolute Gasteiger partial charge is 0.201 e. The number of hydrogen-bond acceptors (Lipinski definition) is 2. The summed E-state index contributed by atoms with van der Waals surface area (Å²) < 4.78 is 53.6. The second-order valence-corrected chi connectivity index (χ2v) is 5.36. The Morgan fingerprint density at radius 3 is 2.32 bits per heavy atom. The highest BCUT2D eigenvalue weighted by Crippen LogP contribution is 2.35. The van der Waals surface area contributed by atoms with Crippen LogP contribution in [0.4, 0.5) is 13.2 Å². The third-order valence-electron chi connectivity index (χ3n) is 3.85. The van der Waals surface area contributed by atoms with Crippen molar-refractivity contribution in [2.45, 2.75) is 0 Å². The lowest BCUT2D eigenvalue weighted by Crippen LogP contribution is -2.00. The van der Waals surface area contributed by atoms with E-state index in [1.54, 1.807) is 24.3 Å². The molecule has 3 rings (SSSR count). The SMILES string of the molecule is C=CCOc1cc2ccc(-c3ccc(OC)cc3)c(F)c2c(F)c1F. The molecule has 3 aromatic rings. The van der Waals surface area contributed by atoms with Gasteiger partial charge < -0.3 is 9.47 Å². The zero-order chi connectivity index (χ0) is 18.0. The van der Waals surface area contributed by atoms with Gasteiger partial charge in [0.1, 0.15) is 18.2 Å². The van der Waals surface area contributed by atoms with E-state index in [9.17, 15) is 13.2 Å². The summed E-state index contributed by atoms with van der Waals surface area (Å²) in [5, 5.41) is -0.190. The largest absolute Gasteiger partial charge is 0.497 e. The summed E-state index contributed by atoms with van der Waals surface area (Å²) in [5.41, 5.74) is 0.709. The summed E-state index contributed by atoms with van der Waals surface area (Å²) in [4.78, 5) is 0. The predicted molar refractivity (Wildman–Crippen MR) is 91.5 cm³/mol. The number of hydrogen-bond donors (Lipinski definition) is 0. The van der Waals surface area contributed by atoms with Gasteiger partial charge in [-0.05, 0) is 29.1 Å². The van der Waals surface area contributed by atoms with Gasteiger partial charge in [0, 0.05) is 5.56 Å². The normalized spacial score (nSPS) is 10.7. The lowest BCUT2D eigenvalue weighted by atomic mass is 9.99. The first-order valence-corrected chi connectivity index (χ1v) is 7.55. The number of benzene rings is 3. The molecule has 0 heterocycles. The molecule has 0 spiro atoms. The van der Waals surface area contributed by atoms with Crippen molar-refractivity contribution in [1.82, 2.24) is 0 Å². The zero-order valence-electron chi connectivity index (χ0n) is 13.5. The van der Waals surface area contributed by atoms with Crippen LogP contribution in [0.5, 0.6) is 11.5 Å². The average molecular weight is 344 g/mol. The van der Waals surface area contributed by atoms with Crippen molar-refractivity contribution < 1.29 is 22.6 Å². The Hall–Kier alpha value is -2.95. The number of methoxy groups -OCH3 is 1. The fourth-order valence-corrected chi connectivity index (χ4v) is 2.60. The molecule has 0 unspecified atom stereocenters. The highest BCUT2D eigenvalue weighted by molar-refractivity contribution is 5.90. The summed E-state index contributed by atoms with van der Waals surface area (Å²) in [6, 6.07) is 11.0. The van der Waals surface area contributed by atoms with Crippen molar-refractivity contribution in [3.63, 3.8) is 0 Å². The molecule has 0 aliphatic carbocycles. The monoisotopic (exact) mass is 344 g/mol. The Morgan fingerprint density at radius 2 is 1.68 bits per heavy atom. The fraction of sp³-hybridized carbons (Fsp3) is 0.100. The van der Waals surface area contributed by atoms with Gasteiger partial charge in [0.25, 0.3) is 0 Å². The van der Waals surface area contributed by atoms with Gasteiger partial charge in [0.15, 0.2) is 11.6 Å². The van der Waals surface area contributed by atoms with E-state index in [0.29, 0.717) is 11.3 Å². The minimum atomic E-state index is -1.27. The molecule has 0 aromatic heterocycles. The van der Waals surface area contributed by atoms with E-state index >= 15 is 0 Å². The molecule has 0 saturated carbocycles. The Labute approximate surface area is 143 Å². The van der Waals surface area contributed by atoms with Crippen LogP contribution in [-0.2, 0) is 0 Å². The standard InChI is InChI=1S/C20H15F3O2/c1-3-10-25-16-11-13-6-9-15(12-4-7-14(24-2)8-5-12)18(21)17(13)20(23)19(16)22/h3-9,11H,1,10H2,2H3. The number of ether oxygens (including phenoxy) is 2. The van der Waals surface area contributed by atoms with Crippen LogP contribution in [-0.4, -0.2) is 13.7 Å². The van der Waals surface area contributed by atoms with Crippen LogP contribution < -0.4 is 9.47 Å². The van der Waals surface area contributed by atoms with Crippen molar-refractivity contribution in [2.24, 2.45) is 0 Å². The van der Waals surface area contributed by atoms with Gasteiger partial charge in [0.05, 0.1) is 12.5 Å². The molecule has 0 radical (unpaired) electrons. The van der Waals surface area contributed by atoms with E-state index in [2.05, 4.69) is 6.58 Å². The molecule has 0 amide bonds. The van der Waals surface area contributed by atoms with E-state index < -0.39 is 22.8 Å². The van der Waals surface area contributed by atoms with Crippen LogP contribution in [0.15, 0.2) is 55.1 Å². The van der Waals surface area contributed by atoms with Crippen molar-refractivity contribution in [3.8, 4) is 22.6 Å². The minimum absolute atomic E-state index is 0.0221. The van der Waals surface area contributed by atoms with E-state index in [-0.39, 0.29) is 23.3 Å². The van der Waals surface area contributed by atoms with E-state index in [1.807, 2.05) is 0 Å². The third-order valence-corrected chi connectivity index (χ3v) is 3.85. The highest BCUT2D eigenvalue weighted by Gasteiger charge is 2.20. The molecule has 5 heteroatoms. The fourth-order valence-electron chi connectivity index (χ4n) is 2.60. The van der Waals surface area contributed by atoms with Crippen LogP contribution in [0.1, 0.15) is 0 Å². The number of rotatable bonds is 5. The minimum Gasteiger partial charge on any atom is -0.497 e. The average Bonchev–Trinajstić information content (AvgIpc) is 2.63. The predicted octanol–water partition coefficient (Wildman–Crippen LogP) is 5.50. The van der Waals surface area contributed by atoms with Crippen LogP contribution in [0, 0.1) is 17.5 Å². The maximum absolute atomic E-state index is 14.9. The highest BCUT2D eigenvalue weighted by atomic mass is 19.2. The van der Waals surface area contributed by atoms with E-state index in [4.69, 9.17) is 9.47 Å². The first-order chi connectivity index (χ1) is 12.1. The molecule has 0 aliphatic rings. The maximum atomic E-state index is 14.9. The third kappa shape index (κ3) is 3.05. The van der Waals surface area contributed by atoms with Gasteiger partial charge >= 0.3 is 0 Å². The van der Waals surface area contributed by atoms with Crippen molar-refractivity contribution in [1.29, 1.82) is 0 Å². The number of fused-ring (bicyclic) bond motifs is 1. The number of halogens is 3. The molecule has 0 aliphatic heterocycles. The molecular weight excluding hydrogens is 329 g/mol. The molecule has 25 heavy (non-hydrogen) atoms. The van der Waals surface area contributed by atoms with Gasteiger partial charge in [-0.25, -0.2) is 8.78 Å². The Balaban J connectivity index is 2.16.